The maximum Gasteiger partial charge on any atom is 0.264 e. The van der Waals surface area contributed by atoms with Crippen molar-refractivity contribution in [2.45, 2.75) is 45.2 Å². The number of halogens is 2. The molecular formula is C29H33BrFN3O4S. The molecule has 0 radical (unpaired) electrons. The summed E-state index contributed by atoms with van der Waals surface area (Å²) in [5.74, 6) is -1.60. The van der Waals surface area contributed by atoms with Gasteiger partial charge in [0.1, 0.15) is 18.4 Å². The molecule has 10 heteroatoms. The van der Waals surface area contributed by atoms with Crippen molar-refractivity contribution in [1.82, 2.24) is 10.2 Å². The summed E-state index contributed by atoms with van der Waals surface area (Å²) < 4.78 is 44.0. The van der Waals surface area contributed by atoms with E-state index in [1.54, 1.807) is 31.2 Å². The van der Waals surface area contributed by atoms with Gasteiger partial charge in [0.25, 0.3) is 10.0 Å². The summed E-state index contributed by atoms with van der Waals surface area (Å²) in [7, 11) is -4.33. The number of sulfonamides is 1. The molecule has 3 aromatic carbocycles. The molecule has 0 saturated heterocycles. The summed E-state index contributed by atoms with van der Waals surface area (Å²) in [5.41, 5.74) is 1.34. The normalized spacial score (nSPS) is 12.2. The van der Waals surface area contributed by atoms with Crippen LogP contribution in [0.2, 0.25) is 0 Å². The molecule has 0 unspecified atom stereocenters. The summed E-state index contributed by atoms with van der Waals surface area (Å²) in [6, 6.07) is 17.8. The van der Waals surface area contributed by atoms with E-state index >= 15 is 0 Å². The smallest absolute Gasteiger partial charge is 0.264 e. The highest BCUT2D eigenvalue weighted by Gasteiger charge is 2.33. The number of hydrogen-bond donors (Lipinski definition) is 1. The van der Waals surface area contributed by atoms with E-state index in [9.17, 15) is 22.4 Å². The summed E-state index contributed by atoms with van der Waals surface area (Å²) >= 11 is 3.39. The Bertz CT molecular complexity index is 1400. The third-order valence-electron chi connectivity index (χ3n) is 6.13. The first-order valence-electron chi connectivity index (χ1n) is 12.6. The van der Waals surface area contributed by atoms with E-state index in [4.69, 9.17) is 0 Å². The molecule has 0 saturated carbocycles. The number of aryl methyl sites for hydroxylation is 1. The molecule has 7 nitrogen and oxygen atoms in total. The van der Waals surface area contributed by atoms with E-state index in [0.717, 1.165) is 26.0 Å². The van der Waals surface area contributed by atoms with Crippen LogP contribution in [0.1, 0.15) is 31.9 Å². The number of rotatable bonds is 11. The van der Waals surface area contributed by atoms with Gasteiger partial charge in [0.2, 0.25) is 11.8 Å². The van der Waals surface area contributed by atoms with Crippen molar-refractivity contribution in [3.63, 3.8) is 0 Å². The van der Waals surface area contributed by atoms with Crippen molar-refractivity contribution in [2.75, 3.05) is 17.4 Å². The lowest BCUT2D eigenvalue weighted by Crippen LogP contribution is -2.51. The van der Waals surface area contributed by atoms with Crippen molar-refractivity contribution >= 4 is 43.5 Å². The maximum absolute atomic E-state index is 14.9. The molecule has 2 amide bonds. The Kier molecular flexibility index (Phi) is 10.3. The highest BCUT2D eigenvalue weighted by Crippen LogP contribution is 2.27. The average Bonchev–Trinajstić information content (AvgIpc) is 2.90. The Morgan fingerprint density at radius 1 is 0.949 bits per heavy atom. The first-order chi connectivity index (χ1) is 18.4. The SMILES string of the molecule is Cc1ccc(S(=O)(=O)N(CC(=O)N(Cc2ccc(Br)cc2)[C@@H](C)C(=O)NCC(C)C)c2ccccc2F)cc1. The van der Waals surface area contributed by atoms with Gasteiger partial charge in [0, 0.05) is 17.6 Å². The van der Waals surface area contributed by atoms with Crippen molar-refractivity contribution in [3.8, 4) is 0 Å². The van der Waals surface area contributed by atoms with Crippen molar-refractivity contribution in [2.24, 2.45) is 5.92 Å². The van der Waals surface area contributed by atoms with Crippen molar-refractivity contribution in [3.05, 3.63) is 94.2 Å². The van der Waals surface area contributed by atoms with E-state index < -0.39 is 34.3 Å². The predicted octanol–water partition coefficient (Wildman–Crippen LogP) is 5.28. The molecule has 1 N–H and O–H groups in total. The van der Waals surface area contributed by atoms with Crippen LogP contribution < -0.4 is 9.62 Å². The van der Waals surface area contributed by atoms with E-state index in [2.05, 4.69) is 21.2 Å². The van der Waals surface area contributed by atoms with Crippen LogP contribution in [0.25, 0.3) is 0 Å². The third kappa shape index (κ3) is 7.89. The lowest BCUT2D eigenvalue weighted by Gasteiger charge is -2.32. The Labute approximate surface area is 238 Å². The second-order valence-electron chi connectivity index (χ2n) is 9.74. The second kappa shape index (κ2) is 13.2. The first-order valence-corrected chi connectivity index (χ1v) is 14.8. The quantitative estimate of drug-likeness (QED) is 0.317. The van der Waals surface area contributed by atoms with Gasteiger partial charge in [-0.3, -0.25) is 13.9 Å². The van der Waals surface area contributed by atoms with E-state index in [1.165, 1.54) is 35.2 Å². The number of nitrogens with zero attached hydrogens (tertiary/aromatic N) is 2. The topological polar surface area (TPSA) is 86.8 Å². The Balaban J connectivity index is 2.02. The van der Waals surface area contributed by atoms with Gasteiger partial charge in [0.05, 0.1) is 10.6 Å². The van der Waals surface area contributed by atoms with Crippen LogP contribution in [0, 0.1) is 18.7 Å². The lowest BCUT2D eigenvalue weighted by atomic mass is 10.1. The molecule has 0 fully saturated rings. The van der Waals surface area contributed by atoms with Gasteiger partial charge in [0.15, 0.2) is 0 Å². The molecule has 0 aliphatic heterocycles. The van der Waals surface area contributed by atoms with Gasteiger partial charge in [-0.25, -0.2) is 12.8 Å². The number of hydrogen-bond acceptors (Lipinski definition) is 4. The van der Waals surface area contributed by atoms with Gasteiger partial charge in [-0.1, -0.05) is 71.7 Å². The zero-order valence-corrected chi connectivity index (χ0v) is 24.8. The van der Waals surface area contributed by atoms with Crippen molar-refractivity contribution < 1.29 is 22.4 Å². The van der Waals surface area contributed by atoms with Gasteiger partial charge >= 0.3 is 0 Å². The summed E-state index contributed by atoms with van der Waals surface area (Å²) in [6.07, 6.45) is 0. The Morgan fingerprint density at radius 3 is 2.15 bits per heavy atom. The largest absolute Gasteiger partial charge is 0.354 e. The number of amides is 2. The number of nitrogens with one attached hydrogen (secondary N) is 1. The molecule has 0 aliphatic carbocycles. The van der Waals surface area contributed by atoms with Crippen LogP contribution in [-0.2, 0) is 26.2 Å². The minimum Gasteiger partial charge on any atom is -0.354 e. The monoisotopic (exact) mass is 617 g/mol. The van der Waals surface area contributed by atoms with Crippen LogP contribution in [-0.4, -0.2) is 44.3 Å². The Morgan fingerprint density at radius 2 is 1.56 bits per heavy atom. The summed E-state index contributed by atoms with van der Waals surface area (Å²) in [6.45, 7) is 7.10. The Hall–Kier alpha value is -3.24. The molecule has 0 bridgehead atoms. The summed E-state index contributed by atoms with van der Waals surface area (Å²) in [5, 5.41) is 2.84. The molecule has 0 aromatic heterocycles. The van der Waals surface area contributed by atoms with Gasteiger partial charge in [-0.15, -0.1) is 0 Å². The molecule has 3 rings (SSSR count). The van der Waals surface area contributed by atoms with Gasteiger partial charge in [-0.2, -0.15) is 0 Å². The average molecular weight is 619 g/mol. The number of para-hydroxylation sites is 1. The minimum absolute atomic E-state index is 0.0536. The second-order valence-corrected chi connectivity index (χ2v) is 12.5. The summed E-state index contributed by atoms with van der Waals surface area (Å²) in [4.78, 5) is 28.1. The lowest BCUT2D eigenvalue weighted by molar-refractivity contribution is -0.139. The van der Waals surface area contributed by atoms with Crippen LogP contribution in [0.5, 0.6) is 0 Å². The molecule has 39 heavy (non-hydrogen) atoms. The van der Waals surface area contributed by atoms with E-state index in [0.29, 0.717) is 6.54 Å². The fraction of sp³-hybridized carbons (Fsp3) is 0.310. The number of benzene rings is 3. The molecule has 0 spiro atoms. The standard InChI is InChI=1S/C29H33BrFN3O4S/c1-20(2)17-32-29(36)22(4)33(18-23-11-13-24(30)14-12-23)28(35)19-34(27-8-6-5-7-26(27)31)39(37,38)25-15-9-21(3)10-16-25/h5-16,20,22H,17-19H2,1-4H3,(H,32,36)/t22-/m0/s1. The van der Waals surface area contributed by atoms with E-state index in [-0.39, 0.29) is 29.0 Å². The maximum atomic E-state index is 14.9. The molecule has 1 atom stereocenters. The molecule has 3 aromatic rings. The minimum atomic E-state index is -4.33. The highest BCUT2D eigenvalue weighted by atomic mass is 79.9. The van der Waals surface area contributed by atoms with Crippen LogP contribution in [0.4, 0.5) is 10.1 Å². The van der Waals surface area contributed by atoms with Gasteiger partial charge < -0.3 is 10.2 Å². The van der Waals surface area contributed by atoms with Crippen LogP contribution >= 0.6 is 15.9 Å². The fourth-order valence-corrected chi connectivity index (χ4v) is 5.51. The molecule has 0 heterocycles. The number of anilines is 1. The van der Waals surface area contributed by atoms with E-state index in [1.807, 2.05) is 32.9 Å². The zero-order chi connectivity index (χ0) is 28.7. The molecular weight excluding hydrogens is 585 g/mol. The van der Waals surface area contributed by atoms with Gasteiger partial charge in [-0.05, 0) is 61.7 Å². The van der Waals surface area contributed by atoms with Crippen LogP contribution in [0.15, 0.2) is 82.2 Å². The number of carbonyl (C=O) groups is 2. The predicted molar refractivity (Wildman–Crippen MR) is 154 cm³/mol. The molecule has 208 valence electrons. The first kappa shape index (κ1) is 30.3. The molecule has 0 aliphatic rings. The van der Waals surface area contributed by atoms with Crippen molar-refractivity contribution in [1.29, 1.82) is 0 Å². The third-order valence-corrected chi connectivity index (χ3v) is 8.43. The van der Waals surface area contributed by atoms with Crippen LogP contribution in [0.3, 0.4) is 0 Å². The zero-order valence-electron chi connectivity index (χ0n) is 22.4. The fourth-order valence-electron chi connectivity index (χ4n) is 3.83. The highest BCUT2D eigenvalue weighted by molar-refractivity contribution is 9.10. The number of carbonyl (C=O) groups excluding carboxylic acids is 2.